The van der Waals surface area contributed by atoms with Gasteiger partial charge in [0.1, 0.15) is 11.6 Å². The largest absolute Gasteiger partial charge is 0.481 e. The van der Waals surface area contributed by atoms with Gasteiger partial charge in [-0.1, -0.05) is 99.4 Å². The van der Waals surface area contributed by atoms with Gasteiger partial charge >= 0.3 is 11.9 Å². The summed E-state index contributed by atoms with van der Waals surface area (Å²) in [5, 5.41) is 29.0. The fraction of sp³-hybridized carbons (Fsp3) is 0.649. The number of benzene rings is 2. The lowest BCUT2D eigenvalue weighted by atomic mass is 9.67. The summed E-state index contributed by atoms with van der Waals surface area (Å²) >= 11 is 12.8. The first-order valence-electron chi connectivity index (χ1n) is 26.3. The Morgan fingerprint density at radius 3 is 1.38 bits per heavy atom. The lowest BCUT2D eigenvalue weighted by Crippen LogP contribution is -2.27. The molecule has 14 heteroatoms. The van der Waals surface area contributed by atoms with E-state index in [0.29, 0.717) is 63.8 Å². The highest BCUT2D eigenvalue weighted by atomic mass is 35.5. The number of aromatic nitrogens is 6. The van der Waals surface area contributed by atoms with Crippen LogP contribution in [0.5, 0.6) is 0 Å². The van der Waals surface area contributed by atoms with Gasteiger partial charge in [-0.05, 0) is 148 Å². The van der Waals surface area contributed by atoms with Crippen LogP contribution < -0.4 is 0 Å². The molecule has 71 heavy (non-hydrogen) atoms. The number of hydrogen-bond acceptors (Lipinski definition) is 9. The summed E-state index contributed by atoms with van der Waals surface area (Å²) in [5.41, 5.74) is 8.99. The number of ether oxygens (including phenoxy) is 1. The van der Waals surface area contributed by atoms with Crippen LogP contribution in [0.2, 0.25) is 10.0 Å². The molecule has 0 saturated heterocycles. The molecule has 4 aromatic rings. The van der Waals surface area contributed by atoms with E-state index in [2.05, 4.69) is 62.2 Å². The van der Waals surface area contributed by atoms with Crippen LogP contribution in [0.4, 0.5) is 0 Å². The molecule has 0 amide bonds. The Hall–Kier alpha value is -4.42. The topological polar surface area (TPSA) is 159 Å². The minimum Gasteiger partial charge on any atom is -0.481 e. The van der Waals surface area contributed by atoms with Gasteiger partial charge in [0.25, 0.3) is 0 Å². The van der Waals surface area contributed by atoms with E-state index in [1.165, 1.54) is 25.6 Å². The second-order valence-electron chi connectivity index (χ2n) is 24.1. The maximum Gasteiger partial charge on any atom is 0.305 e. The zero-order valence-corrected chi connectivity index (χ0v) is 45.3. The second kappa shape index (κ2) is 23.2. The number of Topliss-reactive ketones (excluding diaryl/α,β-unsaturated/α-hetero) is 2. The van der Waals surface area contributed by atoms with Crippen molar-refractivity contribution in [2.45, 2.75) is 207 Å². The van der Waals surface area contributed by atoms with Crippen molar-refractivity contribution < 1.29 is 29.0 Å². The number of nitrogens with zero attached hydrogens (tertiary/aromatic N) is 6. The summed E-state index contributed by atoms with van der Waals surface area (Å²) in [6, 6.07) is 11.0. The molecule has 4 aliphatic rings. The monoisotopic (exact) mass is 1010 g/mol. The quantitative estimate of drug-likeness (QED) is 0.0751. The summed E-state index contributed by atoms with van der Waals surface area (Å²) in [6.45, 7) is 17.7. The average Bonchev–Trinajstić information content (AvgIpc) is 4.20. The molecule has 12 nitrogen and oxygen atoms in total. The molecule has 2 heterocycles. The molecule has 4 fully saturated rings. The molecular weight excluding hydrogens is 936 g/mol. The standard InChI is InChI=1S/C29H40ClN3O3.C28H38ClN3O3/c1-18-6-7-21(25(30)12-18)15-24(34)16-23(10-11-26(35)36-5)33-28(20-8-9-20)27(31-32-33)22-13-19(14-22)17-29(2,3)4;1-17-5-6-20(24(29)11-17)14-23(33)15-22(9-10-25(34)35)32-27(19-7-8-19)26(30-31-32)21-12-18(13-21)16-28(2,3)4/h6-7,12,19-20,22-23H,8-11,13-17H2,1-5H3;5-6,11,18-19,21-22H,7-10,12-16H2,1-4H3,(H,34,35)/t19?,22?,23-;18?,21?,22-/m00/s1. The molecule has 0 aliphatic heterocycles. The van der Waals surface area contributed by atoms with E-state index in [-0.39, 0.29) is 61.7 Å². The first kappa shape index (κ1) is 54.4. The Bertz CT molecular complexity index is 2520. The number of hydrogen-bond donors (Lipinski definition) is 1. The van der Waals surface area contributed by atoms with Gasteiger partial charge < -0.3 is 9.84 Å². The van der Waals surface area contributed by atoms with Crippen LogP contribution >= 0.6 is 23.2 Å². The molecule has 0 bridgehead atoms. The Labute approximate surface area is 431 Å². The Morgan fingerprint density at radius 1 is 0.648 bits per heavy atom. The summed E-state index contributed by atoms with van der Waals surface area (Å²) in [5.74, 6) is 2.22. The van der Waals surface area contributed by atoms with Crippen molar-refractivity contribution in [3.05, 3.63) is 91.5 Å². The van der Waals surface area contributed by atoms with Gasteiger partial charge in [0.2, 0.25) is 0 Å². The minimum absolute atomic E-state index is 0.000377. The maximum atomic E-state index is 13.2. The zero-order valence-electron chi connectivity index (χ0n) is 43.7. The molecule has 8 rings (SSSR count). The molecular formula is C57H78Cl2N6O6. The summed E-state index contributed by atoms with van der Waals surface area (Å²) in [4.78, 5) is 49.7. The Balaban J connectivity index is 0.000000209. The van der Waals surface area contributed by atoms with Crippen molar-refractivity contribution in [3.8, 4) is 0 Å². The van der Waals surface area contributed by atoms with Gasteiger partial charge in [-0.3, -0.25) is 19.2 Å². The number of rotatable bonds is 22. The third-order valence-electron chi connectivity index (χ3n) is 14.9. The average molecular weight is 1010 g/mol. The van der Waals surface area contributed by atoms with E-state index in [1.54, 1.807) is 0 Å². The lowest BCUT2D eigenvalue weighted by molar-refractivity contribution is -0.141. The van der Waals surface area contributed by atoms with E-state index in [1.807, 2.05) is 59.6 Å². The lowest BCUT2D eigenvalue weighted by Gasteiger charge is -2.38. The SMILES string of the molecule is COC(=O)CC[C@@H](CC(=O)Cc1ccc(C)cc1Cl)n1nnc(C2CC(CC(C)(C)C)C2)c1C1CC1.Cc1ccc(CC(=O)C[C@H](CCC(=O)O)n2nnc(C3CC(CC(C)(C)C)C3)c2C2CC2)c(Cl)c1. The van der Waals surface area contributed by atoms with E-state index in [4.69, 9.17) is 27.9 Å². The van der Waals surface area contributed by atoms with E-state index in [0.717, 1.165) is 103 Å². The molecule has 2 aromatic heterocycles. The molecule has 2 atom stereocenters. The predicted molar refractivity (Wildman–Crippen MR) is 278 cm³/mol. The fourth-order valence-corrected chi connectivity index (χ4v) is 11.8. The molecule has 2 aromatic carbocycles. The predicted octanol–water partition coefficient (Wildman–Crippen LogP) is 13.4. The number of carbonyl (C=O) groups is 4. The first-order chi connectivity index (χ1) is 33.5. The molecule has 4 saturated carbocycles. The van der Waals surface area contributed by atoms with E-state index >= 15 is 0 Å². The highest BCUT2D eigenvalue weighted by Crippen LogP contribution is 2.53. The van der Waals surface area contributed by atoms with Crippen molar-refractivity contribution in [2.24, 2.45) is 22.7 Å². The smallest absolute Gasteiger partial charge is 0.305 e. The molecule has 0 radical (unpaired) electrons. The van der Waals surface area contributed by atoms with Crippen LogP contribution in [0.3, 0.4) is 0 Å². The van der Waals surface area contributed by atoms with Gasteiger partial charge in [-0.25, -0.2) is 9.36 Å². The van der Waals surface area contributed by atoms with Crippen LogP contribution in [0, 0.1) is 36.5 Å². The normalized spacial score (nSPS) is 20.8. The fourth-order valence-electron chi connectivity index (χ4n) is 11.2. The van der Waals surface area contributed by atoms with Gasteiger partial charge in [0, 0.05) is 72.2 Å². The van der Waals surface area contributed by atoms with Crippen LogP contribution in [0.25, 0.3) is 0 Å². The molecule has 0 unspecified atom stereocenters. The van der Waals surface area contributed by atoms with E-state index < -0.39 is 5.97 Å². The second-order valence-corrected chi connectivity index (χ2v) is 25.0. The van der Waals surface area contributed by atoms with Crippen LogP contribution in [-0.2, 0) is 36.8 Å². The van der Waals surface area contributed by atoms with Crippen molar-refractivity contribution in [3.63, 3.8) is 0 Å². The number of carbonyl (C=O) groups excluding carboxylic acids is 3. The summed E-state index contributed by atoms with van der Waals surface area (Å²) < 4.78 is 8.80. The highest BCUT2D eigenvalue weighted by Gasteiger charge is 2.43. The highest BCUT2D eigenvalue weighted by molar-refractivity contribution is 6.32. The van der Waals surface area contributed by atoms with Crippen molar-refractivity contribution in [1.29, 1.82) is 0 Å². The van der Waals surface area contributed by atoms with Crippen molar-refractivity contribution >= 4 is 46.7 Å². The number of esters is 1. The van der Waals surface area contributed by atoms with Crippen LogP contribution in [-0.4, -0.2) is 65.7 Å². The number of methoxy groups -OCH3 is 1. The first-order valence-corrected chi connectivity index (χ1v) is 27.0. The van der Waals surface area contributed by atoms with Gasteiger partial charge in [-0.15, -0.1) is 10.2 Å². The van der Waals surface area contributed by atoms with Crippen molar-refractivity contribution in [2.75, 3.05) is 7.11 Å². The number of carboxylic acid groups (broad SMARTS) is 1. The molecule has 4 aliphatic carbocycles. The van der Waals surface area contributed by atoms with Crippen LogP contribution in [0.15, 0.2) is 36.4 Å². The number of halogens is 2. The maximum absolute atomic E-state index is 13.2. The minimum atomic E-state index is -0.860. The summed E-state index contributed by atoms with van der Waals surface area (Å²) in [7, 11) is 1.40. The van der Waals surface area contributed by atoms with Gasteiger partial charge in [0.15, 0.2) is 0 Å². The Morgan fingerprint density at radius 2 is 1.04 bits per heavy atom. The number of aliphatic carboxylic acids is 1. The van der Waals surface area contributed by atoms with Crippen molar-refractivity contribution in [1.82, 2.24) is 30.0 Å². The molecule has 1 N–H and O–H groups in total. The molecule has 0 spiro atoms. The van der Waals surface area contributed by atoms with Crippen LogP contribution in [0.1, 0.15) is 225 Å². The number of aryl methyl sites for hydroxylation is 2. The number of ketones is 2. The van der Waals surface area contributed by atoms with Gasteiger partial charge in [0.05, 0.1) is 42.0 Å². The van der Waals surface area contributed by atoms with E-state index in [9.17, 15) is 24.3 Å². The third kappa shape index (κ3) is 15.3. The summed E-state index contributed by atoms with van der Waals surface area (Å²) in [6.07, 6.45) is 13.7. The zero-order chi connectivity index (χ0) is 51.4. The third-order valence-corrected chi connectivity index (χ3v) is 15.6. The number of carboxylic acids is 1. The molecule has 386 valence electrons. The van der Waals surface area contributed by atoms with Gasteiger partial charge in [-0.2, -0.15) is 0 Å². The Kier molecular flexibility index (Phi) is 17.8.